The maximum atomic E-state index is 13.3. The van der Waals surface area contributed by atoms with Gasteiger partial charge in [0, 0.05) is 16.9 Å². The van der Waals surface area contributed by atoms with E-state index in [0.29, 0.717) is 33.4 Å². The number of methoxy groups -OCH3 is 1. The highest BCUT2D eigenvalue weighted by atomic mass is 32.2. The third kappa shape index (κ3) is 3.68. The Bertz CT molecular complexity index is 1560. The summed E-state index contributed by atoms with van der Waals surface area (Å²) in [5, 5.41) is 10.0. The second kappa shape index (κ2) is 8.55. The molecular formula is C25H20N4O3S. The third-order valence-electron chi connectivity index (χ3n) is 5.45. The first-order valence-corrected chi connectivity index (χ1v) is 11.3. The fraction of sp³-hybridized carbons (Fsp3) is 0.120. The summed E-state index contributed by atoms with van der Waals surface area (Å²) in [6.07, 6.45) is 0. The summed E-state index contributed by atoms with van der Waals surface area (Å²) in [4.78, 5) is 25.2. The molecular weight excluding hydrogens is 436 g/mol. The zero-order chi connectivity index (χ0) is 22.9. The van der Waals surface area contributed by atoms with Crippen LogP contribution in [-0.4, -0.2) is 32.1 Å². The van der Waals surface area contributed by atoms with E-state index in [4.69, 9.17) is 4.74 Å². The highest BCUT2D eigenvalue weighted by molar-refractivity contribution is 7.98. The molecule has 0 aliphatic rings. The van der Waals surface area contributed by atoms with E-state index < -0.39 is 0 Å². The number of benzene rings is 3. The number of fused-ring (bicyclic) bond motifs is 3. The molecule has 7 nitrogen and oxygen atoms in total. The van der Waals surface area contributed by atoms with Crippen molar-refractivity contribution in [3.8, 4) is 11.4 Å². The van der Waals surface area contributed by atoms with Crippen molar-refractivity contribution >= 4 is 34.2 Å². The molecule has 0 atom stereocenters. The fourth-order valence-corrected chi connectivity index (χ4v) is 4.75. The van der Waals surface area contributed by atoms with Crippen LogP contribution < -0.4 is 10.3 Å². The van der Waals surface area contributed by atoms with E-state index in [0.717, 1.165) is 16.8 Å². The molecule has 5 rings (SSSR count). The first kappa shape index (κ1) is 21.0. The lowest BCUT2D eigenvalue weighted by Gasteiger charge is -2.12. The zero-order valence-corrected chi connectivity index (χ0v) is 18.9. The van der Waals surface area contributed by atoms with E-state index in [9.17, 15) is 9.59 Å². The lowest BCUT2D eigenvalue weighted by Crippen LogP contribution is -2.21. The minimum atomic E-state index is -0.149. The van der Waals surface area contributed by atoms with Gasteiger partial charge in [0.15, 0.2) is 10.9 Å². The molecule has 0 unspecified atom stereocenters. The minimum Gasteiger partial charge on any atom is -0.496 e. The Balaban J connectivity index is 1.66. The average molecular weight is 457 g/mol. The van der Waals surface area contributed by atoms with Crippen molar-refractivity contribution in [3.05, 3.63) is 94.3 Å². The van der Waals surface area contributed by atoms with Crippen LogP contribution in [0.3, 0.4) is 0 Å². The second-order valence-corrected chi connectivity index (χ2v) is 8.43. The second-order valence-electron chi connectivity index (χ2n) is 7.48. The number of para-hydroxylation sites is 2. The van der Waals surface area contributed by atoms with Gasteiger partial charge in [-0.3, -0.25) is 14.0 Å². The number of ether oxygens (including phenoxy) is 1. The third-order valence-corrected chi connectivity index (χ3v) is 6.43. The molecule has 0 aliphatic heterocycles. The van der Waals surface area contributed by atoms with Gasteiger partial charge >= 0.3 is 0 Å². The van der Waals surface area contributed by atoms with Crippen molar-refractivity contribution in [1.82, 2.24) is 19.2 Å². The summed E-state index contributed by atoms with van der Waals surface area (Å²) >= 11 is 1.47. The molecule has 0 spiro atoms. The molecule has 2 heterocycles. The summed E-state index contributed by atoms with van der Waals surface area (Å²) in [5.41, 5.74) is 2.82. The smallest absolute Gasteiger partial charge is 0.267 e. The first-order valence-electron chi connectivity index (χ1n) is 10.3. The number of nitrogens with zero attached hydrogens (tertiary/aromatic N) is 4. The minimum absolute atomic E-state index is 0.00490. The standard InChI is InChI=1S/C25H20N4O3S/c1-16(30)17-12-13-22(32-2)18(14-17)15-33-25-27-26-24-28(19-8-4-3-5-9-19)23(31)20-10-6-7-11-21(20)29(24)25/h3-14H,15H2,1-2H3. The van der Waals surface area contributed by atoms with E-state index in [2.05, 4.69) is 10.2 Å². The molecule has 0 saturated carbocycles. The average Bonchev–Trinajstić information content (AvgIpc) is 3.27. The van der Waals surface area contributed by atoms with Gasteiger partial charge in [-0.05, 0) is 49.4 Å². The molecule has 0 aliphatic carbocycles. The zero-order valence-electron chi connectivity index (χ0n) is 18.1. The largest absolute Gasteiger partial charge is 0.496 e. The maximum absolute atomic E-state index is 13.3. The van der Waals surface area contributed by atoms with Gasteiger partial charge in [0.05, 0.1) is 23.7 Å². The maximum Gasteiger partial charge on any atom is 0.267 e. The fourth-order valence-electron chi connectivity index (χ4n) is 3.83. The van der Waals surface area contributed by atoms with Crippen molar-refractivity contribution in [2.24, 2.45) is 0 Å². The van der Waals surface area contributed by atoms with Crippen LogP contribution in [0.4, 0.5) is 0 Å². The topological polar surface area (TPSA) is 78.5 Å². The molecule has 8 heteroatoms. The predicted molar refractivity (Wildman–Crippen MR) is 129 cm³/mol. The summed E-state index contributed by atoms with van der Waals surface area (Å²) in [5.74, 6) is 1.66. The number of thioether (sulfide) groups is 1. The molecule has 164 valence electrons. The Morgan fingerprint density at radius 3 is 2.52 bits per heavy atom. The number of Topliss-reactive ketones (excluding diaryl/α,β-unsaturated/α-hetero) is 1. The highest BCUT2D eigenvalue weighted by Gasteiger charge is 2.18. The van der Waals surface area contributed by atoms with Gasteiger partial charge in [0.1, 0.15) is 5.75 Å². The Hall–Kier alpha value is -3.91. The summed E-state index contributed by atoms with van der Waals surface area (Å²) in [7, 11) is 1.61. The van der Waals surface area contributed by atoms with Crippen molar-refractivity contribution in [2.75, 3.05) is 7.11 Å². The summed E-state index contributed by atoms with van der Waals surface area (Å²) in [6, 6.07) is 22.3. The number of carbonyl (C=O) groups is 1. The molecule has 3 aromatic carbocycles. The van der Waals surface area contributed by atoms with Crippen LogP contribution in [0.2, 0.25) is 0 Å². The monoisotopic (exact) mass is 456 g/mol. The van der Waals surface area contributed by atoms with Crippen molar-refractivity contribution in [2.45, 2.75) is 17.8 Å². The number of hydrogen-bond donors (Lipinski definition) is 0. The summed E-state index contributed by atoms with van der Waals surface area (Å²) < 4.78 is 8.97. The Labute approximate surface area is 193 Å². The van der Waals surface area contributed by atoms with E-state index in [1.54, 1.807) is 30.7 Å². The van der Waals surface area contributed by atoms with Gasteiger partial charge < -0.3 is 4.74 Å². The molecule has 0 amide bonds. The lowest BCUT2D eigenvalue weighted by atomic mass is 10.1. The van der Waals surface area contributed by atoms with Crippen molar-refractivity contribution < 1.29 is 9.53 Å². The van der Waals surface area contributed by atoms with Gasteiger partial charge in [-0.1, -0.05) is 42.1 Å². The first-order chi connectivity index (χ1) is 16.1. The van der Waals surface area contributed by atoms with Crippen molar-refractivity contribution in [1.29, 1.82) is 0 Å². The number of carbonyl (C=O) groups excluding carboxylic acids is 1. The van der Waals surface area contributed by atoms with Gasteiger partial charge in [-0.2, -0.15) is 0 Å². The van der Waals surface area contributed by atoms with Crippen LogP contribution in [0.15, 0.2) is 82.7 Å². The molecule has 5 aromatic rings. The predicted octanol–water partition coefficient (Wildman–Crippen LogP) is 4.54. The Kier molecular flexibility index (Phi) is 5.43. The van der Waals surface area contributed by atoms with Crippen LogP contribution in [0.25, 0.3) is 22.4 Å². The number of ketones is 1. The number of aromatic nitrogens is 4. The number of hydrogen-bond acceptors (Lipinski definition) is 6. The Morgan fingerprint density at radius 1 is 1.00 bits per heavy atom. The van der Waals surface area contributed by atoms with Crippen LogP contribution in [0, 0.1) is 0 Å². The van der Waals surface area contributed by atoms with Crippen molar-refractivity contribution in [3.63, 3.8) is 0 Å². The molecule has 33 heavy (non-hydrogen) atoms. The molecule has 0 radical (unpaired) electrons. The highest BCUT2D eigenvalue weighted by Crippen LogP contribution is 2.30. The molecule has 0 fully saturated rings. The lowest BCUT2D eigenvalue weighted by molar-refractivity contribution is 0.101. The van der Waals surface area contributed by atoms with Gasteiger partial charge in [-0.25, -0.2) is 4.57 Å². The SMILES string of the molecule is COc1ccc(C(C)=O)cc1CSc1nnc2n(-c3ccccc3)c(=O)c3ccccc3n12. The quantitative estimate of drug-likeness (QED) is 0.276. The molecule has 0 N–H and O–H groups in total. The van der Waals surface area contributed by atoms with E-state index >= 15 is 0 Å². The van der Waals surface area contributed by atoms with E-state index in [1.165, 1.54) is 11.8 Å². The number of rotatable bonds is 6. The molecule has 0 saturated heterocycles. The Morgan fingerprint density at radius 2 is 1.76 bits per heavy atom. The van der Waals surface area contributed by atoms with Crippen LogP contribution in [-0.2, 0) is 5.75 Å². The molecule has 2 aromatic heterocycles. The van der Waals surface area contributed by atoms with Gasteiger partial charge in [0.25, 0.3) is 5.56 Å². The van der Waals surface area contributed by atoms with Gasteiger partial charge in [0.2, 0.25) is 5.78 Å². The van der Waals surface area contributed by atoms with Gasteiger partial charge in [-0.15, -0.1) is 10.2 Å². The molecule has 0 bridgehead atoms. The van der Waals surface area contributed by atoms with E-state index in [1.807, 2.05) is 65.1 Å². The van der Waals surface area contributed by atoms with Crippen LogP contribution in [0.5, 0.6) is 5.75 Å². The summed E-state index contributed by atoms with van der Waals surface area (Å²) in [6.45, 7) is 1.54. The van der Waals surface area contributed by atoms with E-state index in [-0.39, 0.29) is 11.3 Å². The van der Waals surface area contributed by atoms with Crippen LogP contribution >= 0.6 is 11.8 Å². The van der Waals surface area contributed by atoms with Crippen LogP contribution in [0.1, 0.15) is 22.8 Å². The normalized spacial score (nSPS) is 11.2.